The van der Waals surface area contributed by atoms with E-state index in [1.165, 1.54) is 0 Å². The highest BCUT2D eigenvalue weighted by Gasteiger charge is 2.13. The van der Waals surface area contributed by atoms with Crippen molar-refractivity contribution in [2.75, 3.05) is 11.9 Å². The van der Waals surface area contributed by atoms with Crippen LogP contribution in [0.5, 0.6) is 0 Å². The molecule has 3 rings (SSSR count). The topological polar surface area (TPSA) is 38.1 Å². The summed E-state index contributed by atoms with van der Waals surface area (Å²) in [7, 11) is 1.78. The fraction of sp³-hybridized carbons (Fsp3) is 0.158. The van der Waals surface area contributed by atoms with Crippen LogP contribution in [0.1, 0.15) is 21.7 Å². The van der Waals surface area contributed by atoms with E-state index in [-0.39, 0.29) is 5.91 Å². The largest absolute Gasteiger partial charge is 0.311 e. The van der Waals surface area contributed by atoms with Gasteiger partial charge in [0.25, 0.3) is 5.91 Å². The predicted octanol–water partition coefficient (Wildman–Crippen LogP) is 3.77. The van der Waals surface area contributed by atoms with Gasteiger partial charge in [-0.15, -0.1) is 0 Å². The highest BCUT2D eigenvalue weighted by atomic mass is 16.2. The summed E-state index contributed by atoms with van der Waals surface area (Å²) in [5.41, 5.74) is 4.53. The summed E-state index contributed by atoms with van der Waals surface area (Å²) in [4.78, 5) is 14.2. The molecule has 0 aliphatic rings. The zero-order chi connectivity index (χ0) is 16.4. The molecular weight excluding hydrogens is 286 g/mol. The van der Waals surface area contributed by atoms with Crippen molar-refractivity contribution in [1.82, 2.24) is 9.78 Å². The summed E-state index contributed by atoms with van der Waals surface area (Å²) in [6, 6.07) is 19.2. The number of nitrogens with zero attached hydrogens (tertiary/aromatic N) is 3. The first-order valence-corrected chi connectivity index (χ1v) is 7.53. The Morgan fingerprint density at radius 2 is 1.65 bits per heavy atom. The van der Waals surface area contributed by atoms with Crippen molar-refractivity contribution in [2.45, 2.75) is 13.8 Å². The Morgan fingerprint density at radius 1 is 1.00 bits per heavy atom. The van der Waals surface area contributed by atoms with Crippen LogP contribution in [0.15, 0.2) is 60.7 Å². The fourth-order valence-corrected chi connectivity index (χ4v) is 2.60. The van der Waals surface area contributed by atoms with E-state index in [9.17, 15) is 4.79 Å². The van der Waals surface area contributed by atoms with Crippen molar-refractivity contribution in [3.8, 4) is 5.69 Å². The number of para-hydroxylation sites is 1. The van der Waals surface area contributed by atoms with Gasteiger partial charge in [-0.25, -0.2) is 4.68 Å². The number of benzene rings is 2. The smallest absolute Gasteiger partial charge is 0.258 e. The molecule has 4 nitrogen and oxygen atoms in total. The average Bonchev–Trinajstić information content (AvgIpc) is 2.93. The molecule has 3 aromatic rings. The van der Waals surface area contributed by atoms with Gasteiger partial charge in [-0.3, -0.25) is 4.79 Å². The highest BCUT2D eigenvalue weighted by molar-refractivity contribution is 6.05. The summed E-state index contributed by atoms with van der Waals surface area (Å²) in [5.74, 6) is -0.0314. The molecule has 0 radical (unpaired) electrons. The molecule has 1 heterocycles. The molecule has 0 aliphatic carbocycles. The van der Waals surface area contributed by atoms with Crippen LogP contribution in [0, 0.1) is 13.8 Å². The normalized spacial score (nSPS) is 10.6. The molecule has 0 atom stereocenters. The van der Waals surface area contributed by atoms with Crippen LogP contribution in [0.25, 0.3) is 5.69 Å². The van der Waals surface area contributed by atoms with Crippen LogP contribution in [-0.2, 0) is 0 Å². The Hall–Kier alpha value is -2.88. The van der Waals surface area contributed by atoms with Crippen molar-refractivity contribution < 1.29 is 4.79 Å². The fourth-order valence-electron chi connectivity index (χ4n) is 2.60. The lowest BCUT2D eigenvalue weighted by Crippen LogP contribution is -2.26. The number of carbonyl (C=O) groups is 1. The Morgan fingerprint density at radius 3 is 2.22 bits per heavy atom. The van der Waals surface area contributed by atoms with Crippen molar-refractivity contribution in [2.24, 2.45) is 0 Å². The van der Waals surface area contributed by atoms with Crippen LogP contribution >= 0.6 is 0 Å². The molecule has 0 fully saturated rings. The minimum atomic E-state index is -0.0314. The third kappa shape index (κ3) is 3.01. The summed E-state index contributed by atoms with van der Waals surface area (Å²) in [5, 5.41) is 4.46. The van der Waals surface area contributed by atoms with Crippen molar-refractivity contribution in [1.29, 1.82) is 0 Å². The van der Waals surface area contributed by atoms with E-state index in [2.05, 4.69) is 5.10 Å². The van der Waals surface area contributed by atoms with E-state index in [0.29, 0.717) is 5.56 Å². The monoisotopic (exact) mass is 305 g/mol. The Kier molecular flexibility index (Phi) is 3.98. The average molecular weight is 305 g/mol. The van der Waals surface area contributed by atoms with Crippen LogP contribution in [0.4, 0.5) is 5.69 Å². The number of aromatic nitrogens is 2. The first kappa shape index (κ1) is 15.0. The first-order valence-electron chi connectivity index (χ1n) is 7.53. The number of anilines is 1. The molecule has 0 saturated carbocycles. The number of rotatable bonds is 3. The van der Waals surface area contributed by atoms with Crippen LogP contribution in [-0.4, -0.2) is 22.7 Å². The molecule has 4 heteroatoms. The van der Waals surface area contributed by atoms with Gasteiger partial charge in [-0.2, -0.15) is 5.10 Å². The SMILES string of the molecule is Cc1cc(C)n(-c2ccc(C(=O)N(C)c3ccccc3)cc2)n1. The van der Waals surface area contributed by atoms with E-state index in [1.54, 1.807) is 11.9 Å². The predicted molar refractivity (Wildman–Crippen MR) is 92.2 cm³/mol. The molecule has 0 spiro atoms. The van der Waals surface area contributed by atoms with Gasteiger partial charge in [0.1, 0.15) is 0 Å². The van der Waals surface area contributed by atoms with Crippen LogP contribution < -0.4 is 4.90 Å². The van der Waals surface area contributed by atoms with Crippen molar-refractivity contribution in [3.63, 3.8) is 0 Å². The summed E-state index contributed by atoms with van der Waals surface area (Å²) in [6.07, 6.45) is 0. The zero-order valence-corrected chi connectivity index (χ0v) is 13.5. The second-order valence-corrected chi connectivity index (χ2v) is 5.59. The van der Waals surface area contributed by atoms with Crippen molar-refractivity contribution in [3.05, 3.63) is 77.6 Å². The van der Waals surface area contributed by atoms with Crippen LogP contribution in [0.2, 0.25) is 0 Å². The summed E-state index contributed by atoms with van der Waals surface area (Å²) < 4.78 is 1.88. The van der Waals surface area contributed by atoms with E-state index in [4.69, 9.17) is 0 Å². The van der Waals surface area contributed by atoms with Gasteiger partial charge in [-0.05, 0) is 56.3 Å². The Labute approximate surface area is 136 Å². The number of hydrogen-bond acceptors (Lipinski definition) is 2. The van der Waals surface area contributed by atoms with Crippen molar-refractivity contribution >= 4 is 11.6 Å². The minimum Gasteiger partial charge on any atom is -0.311 e. The third-order valence-electron chi connectivity index (χ3n) is 3.82. The van der Waals surface area contributed by atoms with E-state index in [0.717, 1.165) is 22.8 Å². The number of carbonyl (C=O) groups excluding carboxylic acids is 1. The molecule has 0 N–H and O–H groups in total. The van der Waals surface area contributed by atoms with Gasteiger partial charge < -0.3 is 4.90 Å². The summed E-state index contributed by atoms with van der Waals surface area (Å²) in [6.45, 7) is 3.98. The van der Waals surface area contributed by atoms with Gasteiger partial charge in [-0.1, -0.05) is 18.2 Å². The first-order chi connectivity index (χ1) is 11.1. The van der Waals surface area contributed by atoms with E-state index < -0.39 is 0 Å². The van der Waals surface area contributed by atoms with Gasteiger partial charge in [0.15, 0.2) is 0 Å². The molecule has 0 aliphatic heterocycles. The number of hydrogen-bond donors (Lipinski definition) is 0. The Balaban J connectivity index is 1.85. The van der Waals surface area contributed by atoms with Gasteiger partial charge >= 0.3 is 0 Å². The second-order valence-electron chi connectivity index (χ2n) is 5.59. The minimum absolute atomic E-state index is 0.0314. The second kappa shape index (κ2) is 6.08. The standard InChI is InChI=1S/C19H19N3O/c1-14-13-15(2)22(20-14)18-11-9-16(10-12-18)19(23)21(3)17-7-5-4-6-8-17/h4-13H,1-3H3. The van der Waals surface area contributed by atoms with E-state index >= 15 is 0 Å². The maximum absolute atomic E-state index is 12.6. The van der Waals surface area contributed by atoms with Gasteiger partial charge in [0.05, 0.1) is 11.4 Å². The summed E-state index contributed by atoms with van der Waals surface area (Å²) >= 11 is 0. The molecule has 1 aromatic heterocycles. The Bertz CT molecular complexity index is 820. The number of aryl methyl sites for hydroxylation is 2. The maximum Gasteiger partial charge on any atom is 0.258 e. The zero-order valence-electron chi connectivity index (χ0n) is 13.5. The lowest BCUT2D eigenvalue weighted by atomic mass is 10.1. The molecule has 0 unspecified atom stereocenters. The molecular formula is C19H19N3O. The molecule has 0 bridgehead atoms. The molecule has 0 saturated heterocycles. The van der Waals surface area contributed by atoms with Gasteiger partial charge in [0.2, 0.25) is 0 Å². The van der Waals surface area contributed by atoms with Gasteiger partial charge in [0, 0.05) is 24.0 Å². The lowest BCUT2D eigenvalue weighted by molar-refractivity contribution is 0.0993. The third-order valence-corrected chi connectivity index (χ3v) is 3.82. The highest BCUT2D eigenvalue weighted by Crippen LogP contribution is 2.17. The molecule has 116 valence electrons. The maximum atomic E-state index is 12.6. The quantitative estimate of drug-likeness (QED) is 0.739. The molecule has 1 amide bonds. The lowest BCUT2D eigenvalue weighted by Gasteiger charge is -2.17. The van der Waals surface area contributed by atoms with Crippen LogP contribution in [0.3, 0.4) is 0 Å². The number of amides is 1. The molecule has 23 heavy (non-hydrogen) atoms. The molecule has 2 aromatic carbocycles. The van der Waals surface area contributed by atoms with E-state index in [1.807, 2.05) is 79.2 Å².